The van der Waals surface area contributed by atoms with E-state index in [4.69, 9.17) is 68.8 Å². The number of aromatic nitrogens is 9. The zero-order valence-electron chi connectivity index (χ0n) is 41.0. The predicted molar refractivity (Wildman–Crippen MR) is 277 cm³/mol. The summed E-state index contributed by atoms with van der Waals surface area (Å²) >= 11 is 14.2. The second-order valence-electron chi connectivity index (χ2n) is 18.3. The molecule has 1 saturated heterocycles. The highest BCUT2D eigenvalue weighted by Crippen LogP contribution is 2.53. The Morgan fingerprint density at radius 1 is 0.764 bits per heavy atom. The van der Waals surface area contributed by atoms with Crippen molar-refractivity contribution >= 4 is 57.0 Å². The van der Waals surface area contributed by atoms with Crippen LogP contribution >= 0.6 is 23.2 Å². The van der Waals surface area contributed by atoms with Crippen LogP contribution in [0.1, 0.15) is 87.1 Å². The largest absolute Gasteiger partial charge is 0.495 e. The Labute approximate surface area is 426 Å². The van der Waals surface area contributed by atoms with Crippen LogP contribution in [-0.4, -0.2) is 107 Å². The van der Waals surface area contributed by atoms with Crippen LogP contribution in [0.2, 0.25) is 10.3 Å². The van der Waals surface area contributed by atoms with Gasteiger partial charge in [0.25, 0.3) is 0 Å². The number of methoxy groups -OCH3 is 1. The number of ether oxygens (including phenoxy) is 3. The van der Waals surface area contributed by atoms with Gasteiger partial charge in [-0.05, 0) is 106 Å². The minimum atomic E-state index is -0.591. The third-order valence-corrected chi connectivity index (χ3v) is 14.2. The van der Waals surface area contributed by atoms with Crippen molar-refractivity contribution in [1.82, 2.24) is 49.0 Å². The van der Waals surface area contributed by atoms with E-state index in [9.17, 15) is 9.59 Å². The molecule has 1 unspecified atom stereocenters. The van der Waals surface area contributed by atoms with Gasteiger partial charge in [0.1, 0.15) is 38.8 Å². The maximum Gasteiger partial charge on any atom is 0.248 e. The number of rotatable bonds is 18. The molecule has 1 aliphatic carbocycles. The quantitative estimate of drug-likeness (QED) is 0.0614. The molecular formula is C53H56Cl2N12O5. The smallest absolute Gasteiger partial charge is 0.248 e. The van der Waals surface area contributed by atoms with E-state index in [0.717, 1.165) is 95.5 Å². The summed E-state index contributed by atoms with van der Waals surface area (Å²) in [7, 11) is 1.56. The minimum absolute atomic E-state index is 0.240. The number of primary amides is 2. The Balaban J connectivity index is 0.965. The van der Waals surface area contributed by atoms with Crippen molar-refractivity contribution in [2.24, 2.45) is 11.5 Å². The molecule has 2 amide bonds. The number of carbonyl (C=O) groups is 2. The zero-order chi connectivity index (χ0) is 50.4. The average molecular weight is 1010 g/mol. The van der Waals surface area contributed by atoms with Crippen LogP contribution in [0.4, 0.5) is 0 Å². The topological polar surface area (TPSA) is 209 Å². The monoisotopic (exact) mass is 1010 g/mol. The fourth-order valence-electron chi connectivity index (χ4n) is 10.3. The maximum atomic E-state index is 12.9. The molecule has 4 N–H and O–H groups in total. The van der Waals surface area contributed by atoms with Crippen LogP contribution in [0.15, 0.2) is 60.7 Å². The summed E-state index contributed by atoms with van der Waals surface area (Å²) in [5.74, 6) is 0.569. The van der Waals surface area contributed by atoms with Gasteiger partial charge in [0.15, 0.2) is 11.6 Å². The number of hydrogen-bond donors (Lipinski definition) is 2. The number of halogens is 2. The Bertz CT molecular complexity index is 3400. The molecule has 5 aromatic heterocycles. The molecule has 10 rings (SSSR count). The van der Waals surface area contributed by atoms with Gasteiger partial charge in [-0.15, -0.1) is 0 Å². The molecular weight excluding hydrogens is 956 g/mol. The third kappa shape index (κ3) is 9.25. The molecule has 0 spiro atoms. The lowest BCUT2D eigenvalue weighted by Crippen LogP contribution is -2.37. The lowest BCUT2D eigenvalue weighted by molar-refractivity contribution is 0.0358. The van der Waals surface area contributed by atoms with Gasteiger partial charge in [-0.1, -0.05) is 47.5 Å². The van der Waals surface area contributed by atoms with Crippen molar-refractivity contribution in [3.63, 3.8) is 0 Å². The van der Waals surface area contributed by atoms with Gasteiger partial charge in [0, 0.05) is 72.8 Å². The first-order valence-corrected chi connectivity index (χ1v) is 25.1. The van der Waals surface area contributed by atoms with Gasteiger partial charge in [0.2, 0.25) is 11.8 Å². The summed E-state index contributed by atoms with van der Waals surface area (Å²) in [6.07, 6.45) is 2.77. The fourth-order valence-corrected chi connectivity index (χ4v) is 10.8. The Hall–Kier alpha value is -6.92. The Kier molecular flexibility index (Phi) is 13.7. The van der Waals surface area contributed by atoms with Crippen molar-refractivity contribution in [3.05, 3.63) is 116 Å². The summed E-state index contributed by atoms with van der Waals surface area (Å²) in [6, 6.07) is 19.4. The standard InChI is InChI=1S/C53H56Cl2N12O5/c1-6-66-38(23-29(3)62-66)51-58-45-35(42-36(43(45)47(54)59-51)25-33(49(56)68)27-40(42)72-20-8-16-64-18-21-71-22-19-64)14-13-31-9-11-32(12-10-31)15-17-65-46-37(26-34(50(57)69)28-41(46)70-5)44-48(55)60-52(61-53(44)65)39-24-30(4)63-67(39)7-2/h9-12,23-28,35H,6-8,13-22H2,1-5H3,(H2,56,68)(H2,57,69). The number of nitrogens with two attached hydrogens (primary N) is 2. The molecule has 0 radical (unpaired) electrons. The number of fused-ring (bicyclic) bond motifs is 6. The van der Waals surface area contributed by atoms with E-state index >= 15 is 0 Å². The first kappa shape index (κ1) is 48.7. The predicted octanol–water partition coefficient (Wildman–Crippen LogP) is 8.36. The summed E-state index contributed by atoms with van der Waals surface area (Å²) < 4.78 is 23.9. The van der Waals surface area contributed by atoms with Crippen LogP contribution in [0, 0.1) is 13.8 Å². The number of benzene rings is 3. The zero-order valence-corrected chi connectivity index (χ0v) is 42.5. The molecule has 3 aromatic carbocycles. The molecule has 0 saturated carbocycles. The summed E-state index contributed by atoms with van der Waals surface area (Å²) in [4.78, 5) is 47.7. The van der Waals surface area contributed by atoms with E-state index in [0.29, 0.717) is 96.2 Å². The fraction of sp³-hybridized carbons (Fsp3) is 0.358. The van der Waals surface area contributed by atoms with E-state index in [1.165, 1.54) is 0 Å². The van der Waals surface area contributed by atoms with Crippen molar-refractivity contribution < 1.29 is 23.8 Å². The summed E-state index contributed by atoms with van der Waals surface area (Å²) in [5.41, 5.74) is 22.2. The van der Waals surface area contributed by atoms with Crippen LogP contribution in [0.5, 0.6) is 11.5 Å². The highest BCUT2D eigenvalue weighted by atomic mass is 35.5. The minimum Gasteiger partial charge on any atom is -0.495 e. The van der Waals surface area contributed by atoms with E-state index in [1.54, 1.807) is 31.4 Å². The number of nitrogens with zero attached hydrogens (tertiary/aromatic N) is 10. The van der Waals surface area contributed by atoms with Crippen molar-refractivity contribution in [2.75, 3.05) is 46.6 Å². The highest BCUT2D eigenvalue weighted by molar-refractivity contribution is 6.37. The van der Waals surface area contributed by atoms with Crippen LogP contribution in [0.25, 0.3) is 56.1 Å². The molecule has 0 bridgehead atoms. The van der Waals surface area contributed by atoms with Gasteiger partial charge in [-0.25, -0.2) is 19.9 Å². The van der Waals surface area contributed by atoms with Crippen molar-refractivity contribution in [2.45, 2.75) is 78.9 Å². The molecule has 72 heavy (non-hydrogen) atoms. The van der Waals surface area contributed by atoms with E-state index < -0.39 is 11.8 Å². The van der Waals surface area contributed by atoms with Crippen molar-refractivity contribution in [3.8, 4) is 45.7 Å². The second kappa shape index (κ2) is 20.3. The number of morpholine rings is 1. The van der Waals surface area contributed by atoms with Crippen LogP contribution < -0.4 is 20.9 Å². The normalized spacial score (nSPS) is 14.6. The van der Waals surface area contributed by atoms with Gasteiger partial charge < -0.3 is 30.2 Å². The molecule has 1 fully saturated rings. The Morgan fingerprint density at radius 2 is 1.38 bits per heavy atom. The number of amides is 2. The van der Waals surface area contributed by atoms with Crippen LogP contribution in [-0.2, 0) is 37.2 Å². The highest BCUT2D eigenvalue weighted by Gasteiger charge is 2.37. The van der Waals surface area contributed by atoms with Gasteiger partial charge in [0.05, 0.1) is 54.9 Å². The lowest BCUT2D eigenvalue weighted by atomic mass is 9.91. The van der Waals surface area contributed by atoms with Gasteiger partial charge in [-0.3, -0.25) is 23.9 Å². The molecule has 8 aromatic rings. The summed E-state index contributed by atoms with van der Waals surface area (Å²) in [5, 5.41) is 11.1. The second-order valence-corrected chi connectivity index (χ2v) is 19.0. The number of carbonyl (C=O) groups excluding carboxylic acids is 2. The number of hydrogen-bond acceptors (Lipinski definition) is 12. The first-order chi connectivity index (χ1) is 34.8. The molecule has 17 nitrogen and oxygen atoms in total. The van der Waals surface area contributed by atoms with E-state index in [2.05, 4.69) is 43.9 Å². The van der Waals surface area contributed by atoms with Gasteiger partial charge in [-0.2, -0.15) is 10.2 Å². The van der Waals surface area contributed by atoms with Crippen molar-refractivity contribution in [1.29, 1.82) is 0 Å². The SMILES string of the molecule is CCn1nc(C)cc1-c1nc(Cl)c2c(n1)C(CCc1ccc(CCn3c4nc(-c5cc(C)nn5CC)nc(Cl)c4c4cc(C(N)=O)cc(OC)c43)cc1)c1c(OCCCN3CCOCC3)cc(C(N)=O)cc1-2. The summed E-state index contributed by atoms with van der Waals surface area (Å²) in [6.45, 7) is 14.2. The molecule has 372 valence electrons. The molecule has 6 heterocycles. The van der Waals surface area contributed by atoms with Gasteiger partial charge >= 0.3 is 0 Å². The van der Waals surface area contributed by atoms with E-state index in [-0.39, 0.29) is 21.8 Å². The lowest BCUT2D eigenvalue weighted by Gasteiger charge is -2.26. The maximum absolute atomic E-state index is 12.9. The molecule has 2 aliphatic rings. The first-order valence-electron chi connectivity index (χ1n) is 24.4. The number of aryl methyl sites for hydroxylation is 7. The Morgan fingerprint density at radius 3 is 2.01 bits per heavy atom. The van der Waals surface area contributed by atoms with Crippen LogP contribution in [0.3, 0.4) is 0 Å². The molecule has 1 aliphatic heterocycles. The third-order valence-electron chi connectivity index (χ3n) is 13.7. The molecule has 1 atom stereocenters. The average Bonchev–Trinajstić information content (AvgIpc) is 4.14. The molecule has 19 heteroatoms. The van der Waals surface area contributed by atoms with E-state index in [1.807, 2.05) is 49.2 Å².